The molecular formula is C15H13F4NS. The zero-order valence-corrected chi connectivity index (χ0v) is 12.0. The molecule has 0 atom stereocenters. The highest BCUT2D eigenvalue weighted by atomic mass is 32.2. The van der Waals surface area contributed by atoms with Crippen molar-refractivity contribution < 1.29 is 17.6 Å². The Morgan fingerprint density at radius 3 is 2.33 bits per heavy atom. The molecule has 0 spiro atoms. The Bertz CT molecular complexity index is 608. The van der Waals surface area contributed by atoms with E-state index in [9.17, 15) is 17.6 Å². The monoisotopic (exact) mass is 315 g/mol. The fraction of sp³-hybridized carbons (Fsp3) is 0.200. The van der Waals surface area contributed by atoms with Gasteiger partial charge >= 0.3 is 5.51 Å². The third-order valence-electron chi connectivity index (χ3n) is 2.76. The Kier molecular flexibility index (Phi) is 4.77. The van der Waals surface area contributed by atoms with Gasteiger partial charge in [0, 0.05) is 11.4 Å². The molecule has 0 bridgehead atoms. The lowest BCUT2D eigenvalue weighted by Gasteiger charge is -2.10. The van der Waals surface area contributed by atoms with Crippen molar-refractivity contribution >= 4 is 17.4 Å². The maximum Gasteiger partial charge on any atom is 0.446 e. The van der Waals surface area contributed by atoms with E-state index in [0.717, 1.165) is 11.1 Å². The van der Waals surface area contributed by atoms with Gasteiger partial charge in [-0.2, -0.15) is 13.2 Å². The number of hydrogen-bond donors (Lipinski definition) is 1. The average Bonchev–Trinajstić information content (AvgIpc) is 2.40. The van der Waals surface area contributed by atoms with Gasteiger partial charge in [0.1, 0.15) is 5.82 Å². The molecular weight excluding hydrogens is 302 g/mol. The zero-order valence-electron chi connectivity index (χ0n) is 11.2. The molecule has 2 aromatic rings. The van der Waals surface area contributed by atoms with Gasteiger partial charge < -0.3 is 5.32 Å². The van der Waals surface area contributed by atoms with Crippen molar-refractivity contribution in [3.8, 4) is 0 Å². The SMILES string of the molecule is Cc1ccc(F)c(NCc2ccc(SC(F)(F)F)cc2)c1. The van der Waals surface area contributed by atoms with Gasteiger partial charge in [-0.1, -0.05) is 18.2 Å². The summed E-state index contributed by atoms with van der Waals surface area (Å²) in [5.41, 5.74) is -2.20. The third kappa shape index (κ3) is 4.97. The number of alkyl halides is 3. The van der Waals surface area contributed by atoms with Crippen molar-refractivity contribution in [2.45, 2.75) is 23.9 Å². The lowest BCUT2D eigenvalue weighted by atomic mass is 10.2. The van der Waals surface area contributed by atoms with Crippen LogP contribution in [0.3, 0.4) is 0 Å². The normalized spacial score (nSPS) is 11.5. The lowest BCUT2D eigenvalue weighted by molar-refractivity contribution is -0.0328. The van der Waals surface area contributed by atoms with Crippen LogP contribution in [0.2, 0.25) is 0 Å². The minimum Gasteiger partial charge on any atom is -0.379 e. The molecule has 6 heteroatoms. The predicted octanol–water partition coefficient (Wildman–Crippen LogP) is 5.36. The second-order valence-corrected chi connectivity index (χ2v) is 5.67. The summed E-state index contributed by atoms with van der Waals surface area (Å²) in [5.74, 6) is -0.357. The van der Waals surface area contributed by atoms with Gasteiger partial charge in [-0.25, -0.2) is 4.39 Å². The highest BCUT2D eigenvalue weighted by Crippen LogP contribution is 2.36. The Hall–Kier alpha value is -1.69. The fourth-order valence-corrected chi connectivity index (χ4v) is 2.32. The van der Waals surface area contributed by atoms with Crippen LogP contribution < -0.4 is 5.32 Å². The van der Waals surface area contributed by atoms with Crippen molar-refractivity contribution in [2.75, 3.05) is 5.32 Å². The Balaban J connectivity index is 1.99. The van der Waals surface area contributed by atoms with Gasteiger partial charge in [-0.15, -0.1) is 0 Å². The summed E-state index contributed by atoms with van der Waals surface area (Å²) in [5, 5.41) is 2.93. The maximum atomic E-state index is 13.5. The first kappa shape index (κ1) is 15.7. The quantitative estimate of drug-likeness (QED) is 0.602. The number of halogens is 4. The molecule has 0 aliphatic heterocycles. The van der Waals surface area contributed by atoms with Crippen LogP contribution in [0, 0.1) is 12.7 Å². The Morgan fingerprint density at radius 2 is 1.71 bits per heavy atom. The molecule has 2 aromatic carbocycles. The maximum absolute atomic E-state index is 13.5. The van der Waals surface area contributed by atoms with E-state index >= 15 is 0 Å². The first-order valence-corrected chi connectivity index (χ1v) is 7.00. The van der Waals surface area contributed by atoms with Crippen LogP contribution in [-0.4, -0.2) is 5.51 Å². The van der Waals surface area contributed by atoms with Crippen LogP contribution >= 0.6 is 11.8 Å². The molecule has 0 amide bonds. The fourth-order valence-electron chi connectivity index (χ4n) is 1.78. The highest BCUT2D eigenvalue weighted by Gasteiger charge is 2.28. The third-order valence-corrected chi connectivity index (χ3v) is 3.50. The van der Waals surface area contributed by atoms with E-state index in [1.165, 1.54) is 18.2 Å². The molecule has 0 heterocycles. The van der Waals surface area contributed by atoms with Crippen molar-refractivity contribution in [1.29, 1.82) is 0 Å². The number of hydrogen-bond acceptors (Lipinski definition) is 2. The number of anilines is 1. The molecule has 2 rings (SSSR count). The van der Waals surface area contributed by atoms with Crippen molar-refractivity contribution in [3.63, 3.8) is 0 Å². The summed E-state index contributed by atoms with van der Waals surface area (Å²) in [4.78, 5) is 0.132. The van der Waals surface area contributed by atoms with Crippen molar-refractivity contribution in [1.82, 2.24) is 0 Å². The van der Waals surface area contributed by atoms with Crippen LogP contribution in [0.4, 0.5) is 23.2 Å². The van der Waals surface area contributed by atoms with Gasteiger partial charge in [0.05, 0.1) is 5.69 Å². The minimum absolute atomic E-state index is 0.132. The van der Waals surface area contributed by atoms with Crippen molar-refractivity contribution in [2.24, 2.45) is 0 Å². The molecule has 0 aromatic heterocycles. The largest absolute Gasteiger partial charge is 0.446 e. The number of aryl methyl sites for hydroxylation is 1. The summed E-state index contributed by atoms with van der Waals surface area (Å²) in [6.07, 6.45) is 0. The predicted molar refractivity (Wildman–Crippen MR) is 76.8 cm³/mol. The molecule has 1 nitrogen and oxygen atoms in total. The molecule has 0 fully saturated rings. The Labute approximate surface area is 124 Å². The van der Waals surface area contributed by atoms with Crippen LogP contribution in [0.15, 0.2) is 47.4 Å². The summed E-state index contributed by atoms with van der Waals surface area (Å²) in [6.45, 7) is 2.20. The van der Waals surface area contributed by atoms with Gasteiger partial charge in [0.2, 0.25) is 0 Å². The molecule has 1 N–H and O–H groups in total. The van der Waals surface area contributed by atoms with Crippen LogP contribution in [0.1, 0.15) is 11.1 Å². The standard InChI is InChI=1S/C15H13F4NS/c1-10-2-7-13(16)14(8-10)20-9-11-3-5-12(6-4-11)21-15(17,18)19/h2-8,20H,9H2,1H3. The Morgan fingerprint density at radius 1 is 1.05 bits per heavy atom. The zero-order chi connectivity index (χ0) is 15.5. The number of rotatable bonds is 4. The second-order valence-electron chi connectivity index (χ2n) is 4.53. The number of benzene rings is 2. The molecule has 0 saturated carbocycles. The lowest BCUT2D eigenvalue weighted by Crippen LogP contribution is -2.02. The summed E-state index contributed by atoms with van der Waals surface area (Å²) < 4.78 is 50.1. The van der Waals surface area contributed by atoms with Gasteiger partial charge in [0.25, 0.3) is 0 Å². The van der Waals surface area contributed by atoms with E-state index in [2.05, 4.69) is 5.32 Å². The summed E-state index contributed by atoms with van der Waals surface area (Å²) in [6, 6.07) is 10.7. The van der Waals surface area contributed by atoms with E-state index in [4.69, 9.17) is 0 Å². The summed E-state index contributed by atoms with van der Waals surface area (Å²) in [7, 11) is 0. The number of thioether (sulfide) groups is 1. The molecule has 0 aliphatic carbocycles. The molecule has 112 valence electrons. The van der Waals surface area contributed by atoms with Crippen molar-refractivity contribution in [3.05, 3.63) is 59.4 Å². The molecule has 0 radical (unpaired) electrons. The van der Waals surface area contributed by atoms with Crippen LogP contribution in [0.25, 0.3) is 0 Å². The molecule has 0 aliphatic rings. The molecule has 21 heavy (non-hydrogen) atoms. The number of nitrogens with one attached hydrogen (secondary N) is 1. The molecule has 0 saturated heterocycles. The minimum atomic E-state index is -4.29. The van der Waals surface area contributed by atoms with Gasteiger partial charge in [-0.3, -0.25) is 0 Å². The van der Waals surface area contributed by atoms with Crippen LogP contribution in [0.5, 0.6) is 0 Å². The first-order chi connectivity index (χ1) is 9.83. The summed E-state index contributed by atoms with van der Waals surface area (Å²) >= 11 is -0.152. The van der Waals surface area contributed by atoms with E-state index in [1.807, 2.05) is 6.92 Å². The smallest absolute Gasteiger partial charge is 0.379 e. The van der Waals surface area contributed by atoms with E-state index in [1.54, 1.807) is 24.3 Å². The highest BCUT2D eigenvalue weighted by molar-refractivity contribution is 8.00. The topological polar surface area (TPSA) is 12.0 Å². The second kappa shape index (κ2) is 6.39. The van der Waals surface area contributed by atoms with Gasteiger partial charge in [-0.05, 0) is 54.1 Å². The van der Waals surface area contributed by atoms with E-state index in [0.29, 0.717) is 12.2 Å². The van der Waals surface area contributed by atoms with Crippen LogP contribution in [-0.2, 0) is 6.54 Å². The first-order valence-electron chi connectivity index (χ1n) is 6.18. The van der Waals surface area contributed by atoms with Gasteiger partial charge in [0.15, 0.2) is 0 Å². The molecule has 0 unspecified atom stereocenters. The van der Waals surface area contributed by atoms with E-state index < -0.39 is 5.51 Å². The average molecular weight is 315 g/mol. The van der Waals surface area contributed by atoms with E-state index in [-0.39, 0.29) is 22.5 Å².